The fourth-order valence-electron chi connectivity index (χ4n) is 2.37. The summed E-state index contributed by atoms with van der Waals surface area (Å²) in [6, 6.07) is 13.1. The van der Waals surface area contributed by atoms with Gasteiger partial charge in [-0.3, -0.25) is 4.98 Å². The molecule has 6 nitrogen and oxygen atoms in total. The summed E-state index contributed by atoms with van der Waals surface area (Å²) in [4.78, 5) is 8.67. The van der Waals surface area contributed by atoms with Crippen molar-refractivity contribution < 1.29 is 4.42 Å². The second-order valence-corrected chi connectivity index (χ2v) is 5.48. The van der Waals surface area contributed by atoms with Crippen molar-refractivity contribution in [2.24, 2.45) is 0 Å². The molecule has 7 heteroatoms. The van der Waals surface area contributed by atoms with E-state index in [4.69, 9.17) is 16.0 Å². The maximum Gasteiger partial charge on any atom is 0.249 e. The Morgan fingerprint density at radius 3 is 2.67 bits per heavy atom. The SMILES string of the molecule is Clc1ccccc1-c1nnc(Cn2ccnc2-c2ccccn2)o1. The molecule has 24 heavy (non-hydrogen) atoms. The van der Waals surface area contributed by atoms with Crippen molar-refractivity contribution in [1.82, 2.24) is 24.7 Å². The monoisotopic (exact) mass is 337 g/mol. The highest BCUT2D eigenvalue weighted by Gasteiger charge is 2.14. The van der Waals surface area contributed by atoms with E-state index in [0.29, 0.717) is 28.9 Å². The van der Waals surface area contributed by atoms with Gasteiger partial charge in [0, 0.05) is 18.6 Å². The van der Waals surface area contributed by atoms with Crippen LogP contribution in [0.4, 0.5) is 0 Å². The van der Waals surface area contributed by atoms with Crippen molar-refractivity contribution >= 4 is 11.6 Å². The van der Waals surface area contributed by atoms with Crippen LogP contribution in [0.15, 0.2) is 65.5 Å². The molecule has 0 saturated carbocycles. The number of hydrogen-bond donors (Lipinski definition) is 0. The summed E-state index contributed by atoms with van der Waals surface area (Å²) < 4.78 is 7.65. The number of rotatable bonds is 4. The van der Waals surface area contributed by atoms with E-state index in [9.17, 15) is 0 Å². The van der Waals surface area contributed by atoms with Crippen LogP contribution in [0.25, 0.3) is 23.0 Å². The van der Waals surface area contributed by atoms with E-state index in [-0.39, 0.29) is 0 Å². The predicted octanol–water partition coefficient (Wildman–Crippen LogP) is 3.70. The summed E-state index contributed by atoms with van der Waals surface area (Å²) in [5.41, 5.74) is 1.50. The Morgan fingerprint density at radius 1 is 0.958 bits per heavy atom. The number of halogens is 1. The lowest BCUT2D eigenvalue weighted by Gasteiger charge is -2.04. The summed E-state index contributed by atoms with van der Waals surface area (Å²) in [6.45, 7) is 0.406. The zero-order valence-electron chi connectivity index (χ0n) is 12.5. The van der Waals surface area contributed by atoms with Crippen LogP contribution >= 0.6 is 11.6 Å². The van der Waals surface area contributed by atoms with E-state index < -0.39 is 0 Å². The maximum atomic E-state index is 6.16. The van der Waals surface area contributed by atoms with Crippen LogP contribution in [0.3, 0.4) is 0 Å². The second-order valence-electron chi connectivity index (χ2n) is 5.07. The second kappa shape index (κ2) is 6.25. The molecule has 3 aromatic heterocycles. The van der Waals surface area contributed by atoms with Gasteiger partial charge < -0.3 is 8.98 Å². The topological polar surface area (TPSA) is 69.6 Å². The van der Waals surface area contributed by atoms with Crippen molar-refractivity contribution in [3.05, 3.63) is 72.0 Å². The summed E-state index contributed by atoms with van der Waals surface area (Å²) in [5, 5.41) is 8.75. The van der Waals surface area contributed by atoms with Crippen molar-refractivity contribution in [1.29, 1.82) is 0 Å². The van der Waals surface area contributed by atoms with E-state index in [1.165, 1.54) is 0 Å². The van der Waals surface area contributed by atoms with Gasteiger partial charge in [0.05, 0.1) is 10.6 Å². The van der Waals surface area contributed by atoms with E-state index in [2.05, 4.69) is 20.2 Å². The van der Waals surface area contributed by atoms with Gasteiger partial charge in [-0.25, -0.2) is 4.98 Å². The molecule has 0 aliphatic carbocycles. The van der Waals surface area contributed by atoms with Gasteiger partial charge in [-0.15, -0.1) is 10.2 Å². The lowest BCUT2D eigenvalue weighted by molar-refractivity contribution is 0.489. The first kappa shape index (κ1) is 14.6. The van der Waals surface area contributed by atoms with Gasteiger partial charge in [0.1, 0.15) is 12.2 Å². The zero-order valence-corrected chi connectivity index (χ0v) is 13.3. The Kier molecular flexibility index (Phi) is 3.80. The Hall–Kier alpha value is -2.99. The van der Waals surface area contributed by atoms with Crippen molar-refractivity contribution in [2.75, 3.05) is 0 Å². The van der Waals surface area contributed by atoms with Crippen LogP contribution in [0.1, 0.15) is 5.89 Å². The van der Waals surface area contributed by atoms with Gasteiger partial charge in [0.25, 0.3) is 0 Å². The lowest BCUT2D eigenvalue weighted by atomic mass is 10.2. The normalized spacial score (nSPS) is 10.9. The average Bonchev–Trinajstić information content (AvgIpc) is 3.26. The molecule has 0 bridgehead atoms. The van der Waals surface area contributed by atoms with Crippen LogP contribution in [-0.2, 0) is 6.54 Å². The van der Waals surface area contributed by atoms with Gasteiger partial charge in [0.15, 0.2) is 5.82 Å². The molecule has 0 aliphatic heterocycles. The fourth-order valence-corrected chi connectivity index (χ4v) is 2.59. The smallest absolute Gasteiger partial charge is 0.249 e. The highest BCUT2D eigenvalue weighted by Crippen LogP contribution is 2.26. The maximum absolute atomic E-state index is 6.16. The summed E-state index contributed by atoms with van der Waals surface area (Å²) in [5.74, 6) is 1.61. The Labute approximate surface area is 142 Å². The molecule has 0 spiro atoms. The quantitative estimate of drug-likeness (QED) is 0.568. The van der Waals surface area contributed by atoms with Gasteiger partial charge in [-0.05, 0) is 24.3 Å². The van der Waals surface area contributed by atoms with E-state index >= 15 is 0 Å². The van der Waals surface area contributed by atoms with Gasteiger partial charge >= 0.3 is 0 Å². The van der Waals surface area contributed by atoms with Crippen LogP contribution in [0.2, 0.25) is 5.02 Å². The highest BCUT2D eigenvalue weighted by atomic mass is 35.5. The van der Waals surface area contributed by atoms with Crippen LogP contribution < -0.4 is 0 Å². The largest absolute Gasteiger partial charge is 0.419 e. The van der Waals surface area contributed by atoms with Crippen LogP contribution in [0, 0.1) is 0 Å². The standard InChI is InChI=1S/C17H12ClN5O/c18-13-6-2-1-5-12(13)17-22-21-15(24-17)11-23-10-9-20-16(23)14-7-3-4-8-19-14/h1-10H,11H2. The van der Waals surface area contributed by atoms with Gasteiger partial charge in [-0.1, -0.05) is 29.8 Å². The first-order valence-corrected chi connectivity index (χ1v) is 7.69. The van der Waals surface area contributed by atoms with Crippen molar-refractivity contribution in [2.45, 2.75) is 6.54 Å². The molecule has 4 rings (SSSR count). The van der Waals surface area contributed by atoms with Crippen molar-refractivity contribution in [3.63, 3.8) is 0 Å². The van der Waals surface area contributed by atoms with E-state index in [0.717, 1.165) is 11.5 Å². The number of hydrogen-bond acceptors (Lipinski definition) is 5. The third kappa shape index (κ3) is 2.79. The van der Waals surface area contributed by atoms with Crippen LogP contribution in [0.5, 0.6) is 0 Å². The molecule has 0 aliphatic rings. The molecule has 0 radical (unpaired) electrons. The number of imidazole rings is 1. The lowest BCUT2D eigenvalue weighted by Crippen LogP contribution is -2.02. The molecule has 3 heterocycles. The first-order valence-electron chi connectivity index (χ1n) is 7.31. The van der Waals surface area contributed by atoms with Gasteiger partial charge in [0.2, 0.25) is 11.8 Å². The fraction of sp³-hybridized carbons (Fsp3) is 0.0588. The Morgan fingerprint density at radius 2 is 1.83 bits per heavy atom. The third-order valence-electron chi connectivity index (χ3n) is 3.49. The predicted molar refractivity (Wildman–Crippen MR) is 89.3 cm³/mol. The zero-order chi connectivity index (χ0) is 16.4. The molecular weight excluding hydrogens is 326 g/mol. The summed E-state index contributed by atoms with van der Waals surface area (Å²) in [7, 11) is 0. The molecule has 1 aromatic carbocycles. The van der Waals surface area contributed by atoms with Crippen molar-refractivity contribution in [3.8, 4) is 23.0 Å². The van der Waals surface area contributed by atoms with Gasteiger partial charge in [-0.2, -0.15) is 0 Å². The molecule has 0 saturated heterocycles. The molecular formula is C17H12ClN5O. The molecule has 118 valence electrons. The highest BCUT2D eigenvalue weighted by molar-refractivity contribution is 6.33. The summed E-state index contributed by atoms with van der Waals surface area (Å²) in [6.07, 6.45) is 5.30. The Bertz CT molecular complexity index is 964. The molecule has 0 fully saturated rings. The summed E-state index contributed by atoms with van der Waals surface area (Å²) >= 11 is 6.16. The van der Waals surface area contributed by atoms with E-state index in [1.54, 1.807) is 18.5 Å². The number of aromatic nitrogens is 5. The average molecular weight is 338 g/mol. The van der Waals surface area contributed by atoms with Crippen LogP contribution in [-0.4, -0.2) is 24.7 Å². The van der Waals surface area contributed by atoms with E-state index in [1.807, 2.05) is 47.2 Å². The minimum absolute atomic E-state index is 0.398. The number of nitrogens with zero attached hydrogens (tertiary/aromatic N) is 5. The molecule has 0 amide bonds. The minimum Gasteiger partial charge on any atom is -0.419 e. The molecule has 0 N–H and O–H groups in total. The third-order valence-corrected chi connectivity index (χ3v) is 3.82. The molecule has 0 unspecified atom stereocenters. The Balaban J connectivity index is 1.62. The number of pyridine rings is 1. The number of benzene rings is 1. The first-order chi connectivity index (χ1) is 11.8. The minimum atomic E-state index is 0.398. The molecule has 4 aromatic rings. The molecule has 0 atom stereocenters.